The standard InChI is InChI=1S/C23H17F3N6O3/c24-23(25,26)35-19-13-11-16(12-14-19)29-21-20(32(33)34)22(28-15-27-21)30-31(17-7-3-1-4-8-17)18-9-5-2-6-10-18/h1-15H,(H2,27,28,29,30). The maximum absolute atomic E-state index is 12.4. The van der Waals surface area contributed by atoms with Crippen molar-refractivity contribution >= 4 is 34.4 Å². The molecule has 0 saturated heterocycles. The van der Waals surface area contributed by atoms with Gasteiger partial charge in [0.05, 0.1) is 16.3 Å². The number of ether oxygens (including phenoxy) is 1. The summed E-state index contributed by atoms with van der Waals surface area (Å²) in [5.74, 6) is -0.681. The van der Waals surface area contributed by atoms with Crippen molar-refractivity contribution in [2.24, 2.45) is 0 Å². The van der Waals surface area contributed by atoms with Crippen LogP contribution in [-0.2, 0) is 0 Å². The Morgan fingerprint density at radius 3 is 1.89 bits per heavy atom. The molecule has 0 aliphatic carbocycles. The molecule has 35 heavy (non-hydrogen) atoms. The van der Waals surface area contributed by atoms with Crippen molar-refractivity contribution in [3.8, 4) is 5.75 Å². The van der Waals surface area contributed by atoms with Crippen LogP contribution in [0.5, 0.6) is 5.75 Å². The van der Waals surface area contributed by atoms with Crippen molar-refractivity contribution < 1.29 is 22.8 Å². The van der Waals surface area contributed by atoms with Gasteiger partial charge in [-0.2, -0.15) is 0 Å². The van der Waals surface area contributed by atoms with Gasteiger partial charge in [-0.05, 0) is 48.5 Å². The van der Waals surface area contributed by atoms with E-state index in [2.05, 4.69) is 25.4 Å². The van der Waals surface area contributed by atoms with Crippen molar-refractivity contribution in [3.05, 3.63) is 101 Å². The summed E-state index contributed by atoms with van der Waals surface area (Å²) in [5, 5.41) is 16.4. The molecule has 0 aliphatic rings. The minimum Gasteiger partial charge on any atom is -0.406 e. The normalized spacial score (nSPS) is 10.9. The summed E-state index contributed by atoms with van der Waals surface area (Å²) >= 11 is 0. The quantitative estimate of drug-likeness (QED) is 0.226. The van der Waals surface area contributed by atoms with Crippen molar-refractivity contribution in [2.75, 3.05) is 15.8 Å². The van der Waals surface area contributed by atoms with E-state index in [9.17, 15) is 23.3 Å². The number of halogens is 3. The lowest BCUT2D eigenvalue weighted by Gasteiger charge is -2.26. The molecule has 2 N–H and O–H groups in total. The second kappa shape index (κ2) is 9.95. The Morgan fingerprint density at radius 1 is 0.829 bits per heavy atom. The molecule has 9 nitrogen and oxygen atoms in total. The first-order valence-electron chi connectivity index (χ1n) is 10.1. The molecule has 178 valence electrons. The highest BCUT2D eigenvalue weighted by Crippen LogP contribution is 2.34. The van der Waals surface area contributed by atoms with Crippen LogP contribution in [0.4, 0.5) is 47.6 Å². The van der Waals surface area contributed by atoms with Gasteiger partial charge in [0.25, 0.3) is 0 Å². The predicted molar refractivity (Wildman–Crippen MR) is 124 cm³/mol. The Bertz CT molecular complexity index is 1250. The molecule has 0 fully saturated rings. The van der Waals surface area contributed by atoms with E-state index >= 15 is 0 Å². The lowest BCUT2D eigenvalue weighted by atomic mass is 10.2. The number of hydrogen-bond acceptors (Lipinski definition) is 8. The average molecular weight is 482 g/mol. The third kappa shape index (κ3) is 5.93. The lowest BCUT2D eigenvalue weighted by molar-refractivity contribution is -0.383. The second-order valence-electron chi connectivity index (χ2n) is 6.99. The zero-order valence-corrected chi connectivity index (χ0v) is 17.8. The number of nitrogens with one attached hydrogen (secondary N) is 2. The topological polar surface area (TPSA) is 105 Å². The van der Waals surface area contributed by atoms with Gasteiger partial charge in [0, 0.05) is 5.69 Å². The van der Waals surface area contributed by atoms with Gasteiger partial charge in [-0.1, -0.05) is 36.4 Å². The fourth-order valence-corrected chi connectivity index (χ4v) is 3.14. The molecule has 0 aliphatic heterocycles. The van der Waals surface area contributed by atoms with Gasteiger partial charge in [-0.25, -0.2) is 9.97 Å². The number of nitro groups is 1. The molecule has 0 atom stereocenters. The molecule has 4 aromatic rings. The molecule has 1 aromatic heterocycles. The van der Waals surface area contributed by atoms with Crippen LogP contribution in [-0.4, -0.2) is 21.3 Å². The highest BCUT2D eigenvalue weighted by Gasteiger charge is 2.31. The van der Waals surface area contributed by atoms with Crippen LogP contribution in [0.3, 0.4) is 0 Å². The molecular formula is C23H17F3N6O3. The van der Waals surface area contributed by atoms with E-state index in [1.165, 1.54) is 12.1 Å². The van der Waals surface area contributed by atoms with E-state index in [0.29, 0.717) is 11.4 Å². The summed E-state index contributed by atoms with van der Waals surface area (Å²) in [6.45, 7) is 0. The van der Waals surface area contributed by atoms with Crippen LogP contribution >= 0.6 is 0 Å². The maximum atomic E-state index is 12.4. The predicted octanol–water partition coefficient (Wildman–Crippen LogP) is 6.19. The SMILES string of the molecule is O=[N+]([O-])c1c(Nc2ccc(OC(F)(F)F)cc2)ncnc1NN(c1ccccc1)c1ccccc1. The second-order valence-corrected chi connectivity index (χ2v) is 6.99. The Labute approximate surface area is 196 Å². The first kappa shape index (κ1) is 23.3. The Hall–Kier alpha value is -4.87. The van der Waals surface area contributed by atoms with Crippen LogP contribution in [0.25, 0.3) is 0 Å². The highest BCUT2D eigenvalue weighted by atomic mass is 19.4. The summed E-state index contributed by atoms with van der Waals surface area (Å²) in [5.41, 5.74) is 4.17. The van der Waals surface area contributed by atoms with Crippen molar-refractivity contribution in [2.45, 2.75) is 6.36 Å². The molecule has 0 spiro atoms. The average Bonchev–Trinajstić information content (AvgIpc) is 2.84. The lowest BCUT2D eigenvalue weighted by Crippen LogP contribution is -2.26. The summed E-state index contributed by atoms with van der Waals surface area (Å²) in [4.78, 5) is 19.3. The van der Waals surface area contributed by atoms with E-state index in [4.69, 9.17) is 0 Å². The fraction of sp³-hybridized carbons (Fsp3) is 0.0435. The van der Waals surface area contributed by atoms with E-state index in [0.717, 1.165) is 18.5 Å². The third-order valence-electron chi connectivity index (χ3n) is 4.60. The van der Waals surface area contributed by atoms with Gasteiger partial charge >= 0.3 is 12.0 Å². The zero-order chi connectivity index (χ0) is 24.8. The fourth-order valence-electron chi connectivity index (χ4n) is 3.14. The van der Waals surface area contributed by atoms with Gasteiger partial charge < -0.3 is 10.1 Å². The van der Waals surface area contributed by atoms with E-state index in [-0.39, 0.29) is 17.3 Å². The van der Waals surface area contributed by atoms with Crippen molar-refractivity contribution in [3.63, 3.8) is 0 Å². The molecule has 0 bridgehead atoms. The largest absolute Gasteiger partial charge is 0.573 e. The number of para-hydroxylation sites is 2. The molecule has 0 saturated carbocycles. The van der Waals surface area contributed by atoms with Crippen LogP contribution in [0, 0.1) is 10.1 Å². The van der Waals surface area contributed by atoms with E-state index in [1.54, 1.807) is 5.01 Å². The number of rotatable bonds is 8. The smallest absolute Gasteiger partial charge is 0.406 e. The number of benzene rings is 3. The summed E-state index contributed by atoms with van der Waals surface area (Å²) < 4.78 is 41.0. The maximum Gasteiger partial charge on any atom is 0.573 e. The molecule has 12 heteroatoms. The number of hydrazine groups is 1. The van der Waals surface area contributed by atoms with Gasteiger partial charge in [0.15, 0.2) is 0 Å². The Morgan fingerprint density at radius 2 is 1.37 bits per heavy atom. The van der Waals surface area contributed by atoms with E-state index in [1.807, 2.05) is 60.7 Å². The molecule has 0 amide bonds. The summed E-state index contributed by atoms with van der Waals surface area (Å²) in [6.07, 6.45) is -3.70. The molecule has 0 radical (unpaired) electrons. The Balaban J connectivity index is 1.66. The van der Waals surface area contributed by atoms with Crippen molar-refractivity contribution in [1.29, 1.82) is 0 Å². The monoisotopic (exact) mass is 482 g/mol. The minimum atomic E-state index is -4.83. The first-order valence-corrected chi connectivity index (χ1v) is 10.1. The molecule has 1 heterocycles. The number of aromatic nitrogens is 2. The van der Waals surface area contributed by atoms with Crippen LogP contribution < -0.4 is 20.5 Å². The first-order chi connectivity index (χ1) is 16.8. The van der Waals surface area contributed by atoms with Crippen molar-refractivity contribution in [1.82, 2.24) is 9.97 Å². The van der Waals surface area contributed by atoms with Crippen LogP contribution in [0.15, 0.2) is 91.3 Å². The molecular weight excluding hydrogens is 465 g/mol. The van der Waals surface area contributed by atoms with Crippen LogP contribution in [0.1, 0.15) is 0 Å². The van der Waals surface area contributed by atoms with E-state index < -0.39 is 22.7 Å². The number of anilines is 5. The third-order valence-corrected chi connectivity index (χ3v) is 4.60. The number of hydrogen-bond donors (Lipinski definition) is 2. The molecule has 3 aromatic carbocycles. The minimum absolute atomic E-state index is 0.0998. The zero-order valence-electron chi connectivity index (χ0n) is 17.8. The number of alkyl halides is 3. The Kier molecular flexibility index (Phi) is 6.62. The van der Waals surface area contributed by atoms with Crippen LogP contribution in [0.2, 0.25) is 0 Å². The van der Waals surface area contributed by atoms with Gasteiger partial charge in [-0.3, -0.25) is 20.5 Å². The van der Waals surface area contributed by atoms with Gasteiger partial charge in [0.2, 0.25) is 11.6 Å². The highest BCUT2D eigenvalue weighted by molar-refractivity contribution is 5.77. The summed E-state index contributed by atoms with van der Waals surface area (Å²) in [6, 6.07) is 22.9. The van der Waals surface area contributed by atoms with Gasteiger partial charge in [-0.15, -0.1) is 13.2 Å². The molecule has 0 unspecified atom stereocenters. The number of nitrogens with zero attached hydrogens (tertiary/aromatic N) is 4. The molecule has 4 rings (SSSR count). The van der Waals surface area contributed by atoms with Gasteiger partial charge in [0.1, 0.15) is 12.1 Å². The summed E-state index contributed by atoms with van der Waals surface area (Å²) in [7, 11) is 0.